The van der Waals surface area contributed by atoms with Crippen LogP contribution in [0, 0.1) is 0 Å². The highest BCUT2D eigenvalue weighted by molar-refractivity contribution is 5.76. The average Bonchev–Trinajstić information content (AvgIpc) is 3.26. The monoisotopic (exact) mass is 279 g/mol. The van der Waals surface area contributed by atoms with Gasteiger partial charge in [-0.25, -0.2) is 9.97 Å². The van der Waals surface area contributed by atoms with Crippen LogP contribution in [-0.4, -0.2) is 42.6 Å². The summed E-state index contributed by atoms with van der Waals surface area (Å²) in [7, 11) is 3.35. The zero-order chi connectivity index (χ0) is 14.4. The molecule has 0 bridgehead atoms. The SMILES string of the molecule is CNc1ncnc(NCCCC(=O)NC2CC2)c1OC. The molecule has 0 radical (unpaired) electrons. The molecule has 0 atom stereocenters. The number of hydrogen-bond acceptors (Lipinski definition) is 6. The van der Waals surface area contributed by atoms with Gasteiger partial charge in [0.25, 0.3) is 0 Å². The van der Waals surface area contributed by atoms with E-state index in [1.807, 2.05) is 0 Å². The van der Waals surface area contributed by atoms with Crippen molar-refractivity contribution in [3.05, 3.63) is 6.33 Å². The van der Waals surface area contributed by atoms with Gasteiger partial charge >= 0.3 is 0 Å². The first kappa shape index (κ1) is 14.4. The Balaban J connectivity index is 1.76. The highest BCUT2D eigenvalue weighted by Crippen LogP contribution is 2.28. The number of anilines is 2. The summed E-state index contributed by atoms with van der Waals surface area (Å²) in [5.41, 5.74) is 0. The number of nitrogens with zero attached hydrogens (tertiary/aromatic N) is 2. The van der Waals surface area contributed by atoms with Gasteiger partial charge in [0.15, 0.2) is 11.6 Å². The zero-order valence-electron chi connectivity index (χ0n) is 11.9. The van der Waals surface area contributed by atoms with Crippen molar-refractivity contribution in [2.45, 2.75) is 31.7 Å². The molecule has 1 amide bonds. The van der Waals surface area contributed by atoms with Crippen LogP contribution in [0.25, 0.3) is 0 Å². The van der Waals surface area contributed by atoms with Crippen LogP contribution in [0.15, 0.2) is 6.33 Å². The van der Waals surface area contributed by atoms with Crippen molar-refractivity contribution in [3.63, 3.8) is 0 Å². The largest absolute Gasteiger partial charge is 0.490 e. The van der Waals surface area contributed by atoms with Gasteiger partial charge < -0.3 is 20.7 Å². The molecule has 20 heavy (non-hydrogen) atoms. The maximum atomic E-state index is 11.5. The van der Waals surface area contributed by atoms with Crippen LogP contribution in [0.4, 0.5) is 11.6 Å². The second-order valence-corrected chi connectivity index (χ2v) is 4.73. The molecule has 3 N–H and O–H groups in total. The molecule has 0 saturated heterocycles. The molecule has 1 aromatic rings. The number of carbonyl (C=O) groups is 1. The van der Waals surface area contributed by atoms with Crippen LogP contribution in [0.2, 0.25) is 0 Å². The number of ether oxygens (including phenoxy) is 1. The van der Waals surface area contributed by atoms with E-state index < -0.39 is 0 Å². The summed E-state index contributed by atoms with van der Waals surface area (Å²) in [4.78, 5) is 19.7. The standard InChI is InChI=1S/C13H21N5O2/c1-14-12-11(20-2)13(17-8-16-12)15-7-3-4-10(19)18-9-5-6-9/h8-9H,3-7H2,1-2H3,(H,18,19)(H2,14,15,16,17). The first-order chi connectivity index (χ1) is 9.74. The Morgan fingerprint density at radius 2 is 2.15 bits per heavy atom. The molecule has 2 rings (SSSR count). The second-order valence-electron chi connectivity index (χ2n) is 4.73. The fraction of sp³-hybridized carbons (Fsp3) is 0.615. The number of carbonyl (C=O) groups excluding carboxylic acids is 1. The Morgan fingerprint density at radius 1 is 1.40 bits per heavy atom. The molecule has 0 aromatic carbocycles. The van der Waals surface area contributed by atoms with E-state index in [0.29, 0.717) is 36.4 Å². The second kappa shape index (κ2) is 6.93. The molecule has 1 aliphatic carbocycles. The molecule has 7 heteroatoms. The molecular weight excluding hydrogens is 258 g/mol. The molecule has 1 saturated carbocycles. The molecule has 1 fully saturated rings. The first-order valence-corrected chi connectivity index (χ1v) is 6.84. The van der Waals surface area contributed by atoms with E-state index in [-0.39, 0.29) is 5.91 Å². The maximum absolute atomic E-state index is 11.5. The van der Waals surface area contributed by atoms with Crippen molar-refractivity contribution in [2.24, 2.45) is 0 Å². The molecule has 1 heterocycles. The third kappa shape index (κ3) is 3.97. The third-order valence-corrected chi connectivity index (χ3v) is 3.06. The van der Waals surface area contributed by atoms with E-state index in [1.54, 1.807) is 14.2 Å². The van der Waals surface area contributed by atoms with Crippen LogP contribution >= 0.6 is 0 Å². The maximum Gasteiger partial charge on any atom is 0.220 e. The number of rotatable bonds is 8. The molecular formula is C13H21N5O2. The molecule has 0 unspecified atom stereocenters. The van der Waals surface area contributed by atoms with E-state index in [4.69, 9.17) is 4.74 Å². The molecule has 7 nitrogen and oxygen atoms in total. The van der Waals surface area contributed by atoms with Crippen LogP contribution in [0.3, 0.4) is 0 Å². The Bertz CT molecular complexity index is 462. The van der Waals surface area contributed by atoms with Crippen molar-refractivity contribution in [3.8, 4) is 5.75 Å². The van der Waals surface area contributed by atoms with E-state index >= 15 is 0 Å². The minimum atomic E-state index is 0.125. The van der Waals surface area contributed by atoms with Gasteiger partial charge in [-0.2, -0.15) is 0 Å². The minimum Gasteiger partial charge on any atom is -0.490 e. The van der Waals surface area contributed by atoms with Crippen molar-refractivity contribution >= 4 is 17.5 Å². The highest BCUT2D eigenvalue weighted by atomic mass is 16.5. The summed E-state index contributed by atoms with van der Waals surface area (Å²) in [6.07, 6.45) is 4.98. The Labute approximate surface area is 118 Å². The Morgan fingerprint density at radius 3 is 2.80 bits per heavy atom. The predicted octanol–water partition coefficient (Wildman–Crippen LogP) is 0.998. The summed E-state index contributed by atoms with van der Waals surface area (Å²) in [5, 5.41) is 9.08. The van der Waals surface area contributed by atoms with Crippen molar-refractivity contribution < 1.29 is 9.53 Å². The van der Waals surface area contributed by atoms with Gasteiger partial charge in [0, 0.05) is 26.1 Å². The Hall–Kier alpha value is -2.05. The predicted molar refractivity (Wildman–Crippen MR) is 77.0 cm³/mol. The number of aromatic nitrogens is 2. The van der Waals surface area contributed by atoms with E-state index in [9.17, 15) is 4.79 Å². The van der Waals surface area contributed by atoms with Crippen molar-refractivity contribution in [1.29, 1.82) is 0 Å². The third-order valence-electron chi connectivity index (χ3n) is 3.06. The number of amides is 1. The summed E-state index contributed by atoms with van der Waals surface area (Å²) in [6.45, 7) is 0.661. The van der Waals surface area contributed by atoms with Gasteiger partial charge in [0.2, 0.25) is 11.7 Å². The fourth-order valence-corrected chi connectivity index (χ4v) is 1.85. The summed E-state index contributed by atoms with van der Waals surface area (Å²) in [6, 6.07) is 0.426. The molecule has 1 aliphatic rings. The van der Waals surface area contributed by atoms with Gasteiger partial charge in [-0.3, -0.25) is 4.79 Å². The van der Waals surface area contributed by atoms with Gasteiger partial charge in [-0.05, 0) is 19.3 Å². The average molecular weight is 279 g/mol. The smallest absolute Gasteiger partial charge is 0.220 e. The lowest BCUT2D eigenvalue weighted by atomic mass is 10.3. The van der Waals surface area contributed by atoms with Crippen molar-refractivity contribution in [1.82, 2.24) is 15.3 Å². The molecule has 1 aromatic heterocycles. The number of nitrogens with one attached hydrogen (secondary N) is 3. The molecule has 0 spiro atoms. The van der Waals surface area contributed by atoms with Crippen LogP contribution in [-0.2, 0) is 4.79 Å². The Kier molecular flexibility index (Phi) is 4.97. The summed E-state index contributed by atoms with van der Waals surface area (Å²) >= 11 is 0. The first-order valence-electron chi connectivity index (χ1n) is 6.84. The lowest BCUT2D eigenvalue weighted by Gasteiger charge is -2.12. The van der Waals surface area contributed by atoms with Gasteiger partial charge in [-0.1, -0.05) is 0 Å². The summed E-state index contributed by atoms with van der Waals surface area (Å²) < 4.78 is 5.28. The van der Waals surface area contributed by atoms with Crippen molar-refractivity contribution in [2.75, 3.05) is 31.3 Å². The lowest BCUT2D eigenvalue weighted by molar-refractivity contribution is -0.121. The lowest BCUT2D eigenvalue weighted by Crippen LogP contribution is -2.25. The van der Waals surface area contributed by atoms with Gasteiger partial charge in [0.1, 0.15) is 6.33 Å². The van der Waals surface area contributed by atoms with E-state index in [0.717, 1.165) is 19.3 Å². The summed E-state index contributed by atoms with van der Waals surface area (Å²) in [5.74, 6) is 1.98. The molecule has 110 valence electrons. The quantitative estimate of drug-likeness (QED) is 0.615. The highest BCUT2D eigenvalue weighted by Gasteiger charge is 2.22. The topological polar surface area (TPSA) is 88.2 Å². The van der Waals surface area contributed by atoms with Gasteiger partial charge in [0.05, 0.1) is 7.11 Å². The minimum absolute atomic E-state index is 0.125. The zero-order valence-corrected chi connectivity index (χ0v) is 11.9. The fourth-order valence-electron chi connectivity index (χ4n) is 1.85. The van der Waals surface area contributed by atoms with E-state index in [2.05, 4.69) is 25.9 Å². The number of methoxy groups -OCH3 is 1. The van der Waals surface area contributed by atoms with E-state index in [1.165, 1.54) is 6.33 Å². The molecule has 0 aliphatic heterocycles. The van der Waals surface area contributed by atoms with Crippen LogP contribution in [0.5, 0.6) is 5.75 Å². The van der Waals surface area contributed by atoms with Gasteiger partial charge in [-0.15, -0.1) is 0 Å². The van der Waals surface area contributed by atoms with Crippen LogP contribution in [0.1, 0.15) is 25.7 Å². The normalized spacial score (nSPS) is 13.7. The number of hydrogen-bond donors (Lipinski definition) is 3. The van der Waals surface area contributed by atoms with Crippen LogP contribution < -0.4 is 20.7 Å².